The Hall–Kier alpha value is -3.15. The second-order valence-corrected chi connectivity index (χ2v) is 10.2. The predicted molar refractivity (Wildman–Crippen MR) is 153 cm³/mol. The quantitative estimate of drug-likeness (QED) is 0.224. The van der Waals surface area contributed by atoms with Crippen LogP contribution in [-0.2, 0) is 10.2 Å². The molecule has 0 radical (unpaired) electrons. The Kier molecular flexibility index (Phi) is 10.1. The lowest BCUT2D eigenvalue weighted by Crippen LogP contribution is -2.26. The number of aliphatic hydroxyl groups excluding tert-OH is 2. The van der Waals surface area contributed by atoms with Crippen molar-refractivity contribution in [1.82, 2.24) is 0 Å². The van der Waals surface area contributed by atoms with Gasteiger partial charge in [0.2, 0.25) is 0 Å². The average molecular weight is 519 g/mol. The number of aliphatic carboxylic acids is 1. The van der Waals surface area contributed by atoms with Crippen LogP contribution in [0.4, 0.5) is 0 Å². The van der Waals surface area contributed by atoms with E-state index in [4.69, 9.17) is 9.84 Å². The molecule has 38 heavy (non-hydrogen) atoms. The van der Waals surface area contributed by atoms with Gasteiger partial charge in [0.25, 0.3) is 0 Å². The zero-order valence-corrected chi connectivity index (χ0v) is 23.3. The molecule has 5 heteroatoms. The summed E-state index contributed by atoms with van der Waals surface area (Å²) in [6.45, 7) is 10.7. The third-order valence-electron chi connectivity index (χ3n) is 7.81. The summed E-state index contributed by atoms with van der Waals surface area (Å²) in [5, 5.41) is 29.2. The molecule has 0 amide bonds. The Morgan fingerprint density at radius 1 is 0.895 bits per heavy atom. The summed E-state index contributed by atoms with van der Waals surface area (Å²) in [4.78, 5) is 10.7. The molecule has 0 heterocycles. The first-order valence-corrected chi connectivity index (χ1v) is 13.7. The molecule has 0 aliphatic heterocycles. The number of aryl methyl sites for hydroxylation is 2. The van der Waals surface area contributed by atoms with Gasteiger partial charge in [0, 0.05) is 11.8 Å². The smallest absolute Gasteiger partial charge is 0.303 e. The number of rotatable bonds is 13. The molecule has 204 valence electrons. The molecule has 0 spiro atoms. The summed E-state index contributed by atoms with van der Waals surface area (Å²) in [5.74, 6) is -0.225. The molecule has 0 aliphatic carbocycles. The van der Waals surface area contributed by atoms with Crippen LogP contribution in [0.5, 0.6) is 5.75 Å². The van der Waals surface area contributed by atoms with E-state index in [-0.39, 0.29) is 24.9 Å². The van der Waals surface area contributed by atoms with Gasteiger partial charge < -0.3 is 20.1 Å². The summed E-state index contributed by atoms with van der Waals surface area (Å²) in [5.41, 5.74) is 7.74. The first-order valence-electron chi connectivity index (χ1n) is 13.7. The van der Waals surface area contributed by atoms with E-state index in [0.29, 0.717) is 12.2 Å². The van der Waals surface area contributed by atoms with Gasteiger partial charge in [-0.2, -0.15) is 0 Å². The van der Waals surface area contributed by atoms with Crippen LogP contribution in [-0.4, -0.2) is 34.0 Å². The van der Waals surface area contributed by atoms with Crippen LogP contribution in [0.15, 0.2) is 60.7 Å². The Bertz CT molecular complexity index is 1230. The van der Waals surface area contributed by atoms with Crippen LogP contribution >= 0.6 is 0 Å². The van der Waals surface area contributed by atoms with Crippen molar-refractivity contribution in [2.24, 2.45) is 0 Å². The summed E-state index contributed by atoms with van der Waals surface area (Å²) in [7, 11) is 0. The van der Waals surface area contributed by atoms with E-state index in [1.165, 1.54) is 22.3 Å². The maximum Gasteiger partial charge on any atom is 0.303 e. The van der Waals surface area contributed by atoms with E-state index in [9.17, 15) is 15.0 Å². The molecule has 0 saturated heterocycles. The summed E-state index contributed by atoms with van der Waals surface area (Å²) >= 11 is 0. The maximum absolute atomic E-state index is 10.7. The molecule has 5 nitrogen and oxygen atoms in total. The SMILES string of the molecule is CCC(O)c1cccc(-c2ccc(C(CC)(CC)c3ccc(OC[C@H](O)CCC(=O)O)c(C)c3)cc2C)c1. The van der Waals surface area contributed by atoms with Gasteiger partial charge in [-0.05, 0) is 90.6 Å². The van der Waals surface area contributed by atoms with E-state index >= 15 is 0 Å². The van der Waals surface area contributed by atoms with Gasteiger partial charge in [-0.25, -0.2) is 0 Å². The van der Waals surface area contributed by atoms with E-state index < -0.39 is 18.2 Å². The Morgan fingerprint density at radius 3 is 2.13 bits per heavy atom. The van der Waals surface area contributed by atoms with E-state index in [1.54, 1.807) is 0 Å². The summed E-state index contributed by atoms with van der Waals surface area (Å²) in [6.07, 6.45) is 1.38. The standard InChI is InChI=1S/C33H42O5/c1-6-30(35)25-11-9-10-24(20-25)29-15-12-26(18-22(29)4)33(7-2,8-3)27-13-16-31(23(5)19-27)38-21-28(34)14-17-32(36)37/h9-13,15-16,18-20,28,30,34-35H,6-8,14,17,21H2,1-5H3,(H,36,37)/t28-,30?/m1/s1. The Labute approximate surface area is 227 Å². The van der Waals surface area contributed by atoms with Crippen LogP contribution < -0.4 is 4.74 Å². The van der Waals surface area contributed by atoms with Crippen molar-refractivity contribution in [3.05, 3.63) is 88.5 Å². The maximum atomic E-state index is 10.7. The minimum atomic E-state index is -0.924. The van der Waals surface area contributed by atoms with Crippen molar-refractivity contribution < 1.29 is 24.9 Å². The number of benzene rings is 3. The lowest BCUT2D eigenvalue weighted by molar-refractivity contribution is -0.137. The van der Waals surface area contributed by atoms with Crippen LogP contribution in [0.2, 0.25) is 0 Å². The van der Waals surface area contributed by atoms with Crippen molar-refractivity contribution in [3.63, 3.8) is 0 Å². The summed E-state index contributed by atoms with van der Waals surface area (Å²) < 4.78 is 5.83. The minimum absolute atomic E-state index is 0.0668. The third kappa shape index (κ3) is 6.64. The van der Waals surface area contributed by atoms with E-state index in [1.807, 2.05) is 32.0 Å². The van der Waals surface area contributed by atoms with E-state index in [2.05, 4.69) is 63.2 Å². The third-order valence-corrected chi connectivity index (χ3v) is 7.81. The Balaban J connectivity index is 1.88. The largest absolute Gasteiger partial charge is 0.491 e. The van der Waals surface area contributed by atoms with Crippen molar-refractivity contribution in [3.8, 4) is 16.9 Å². The average Bonchev–Trinajstić information content (AvgIpc) is 2.92. The summed E-state index contributed by atoms with van der Waals surface area (Å²) in [6, 6.07) is 21.1. The highest BCUT2D eigenvalue weighted by molar-refractivity contribution is 5.69. The molecule has 0 aliphatic rings. The monoisotopic (exact) mass is 518 g/mol. The zero-order chi connectivity index (χ0) is 27.9. The molecule has 0 bridgehead atoms. The second-order valence-electron chi connectivity index (χ2n) is 10.2. The molecular formula is C33H42O5. The van der Waals surface area contributed by atoms with Gasteiger partial charge in [-0.15, -0.1) is 0 Å². The first kappa shape index (κ1) is 29.4. The minimum Gasteiger partial charge on any atom is -0.491 e. The fraction of sp³-hybridized carbons (Fsp3) is 0.424. The highest BCUT2D eigenvalue weighted by Crippen LogP contribution is 2.42. The fourth-order valence-corrected chi connectivity index (χ4v) is 5.34. The van der Waals surface area contributed by atoms with Gasteiger partial charge in [0.1, 0.15) is 12.4 Å². The molecule has 3 rings (SSSR count). The number of carboxylic acids is 1. The van der Waals surface area contributed by atoms with Crippen LogP contribution in [0.1, 0.15) is 86.8 Å². The molecule has 3 aromatic rings. The number of aliphatic hydroxyl groups is 2. The topological polar surface area (TPSA) is 87.0 Å². The van der Waals surface area contributed by atoms with E-state index in [0.717, 1.165) is 29.5 Å². The zero-order valence-electron chi connectivity index (χ0n) is 23.3. The van der Waals surface area contributed by atoms with Gasteiger partial charge >= 0.3 is 5.97 Å². The van der Waals surface area contributed by atoms with Crippen LogP contribution in [0.3, 0.4) is 0 Å². The number of carbonyl (C=O) groups is 1. The number of hydrogen-bond acceptors (Lipinski definition) is 4. The number of carboxylic acid groups (broad SMARTS) is 1. The lowest BCUT2D eigenvalue weighted by atomic mass is 9.69. The van der Waals surface area contributed by atoms with Crippen LogP contribution in [0, 0.1) is 13.8 Å². The van der Waals surface area contributed by atoms with Gasteiger partial charge in [0.15, 0.2) is 0 Å². The van der Waals surface area contributed by atoms with Crippen LogP contribution in [0.25, 0.3) is 11.1 Å². The Morgan fingerprint density at radius 2 is 1.55 bits per heavy atom. The predicted octanol–water partition coefficient (Wildman–Crippen LogP) is 7.12. The van der Waals surface area contributed by atoms with Gasteiger partial charge in [-0.1, -0.05) is 69.3 Å². The second kappa shape index (κ2) is 13.1. The van der Waals surface area contributed by atoms with Crippen molar-refractivity contribution in [1.29, 1.82) is 0 Å². The molecule has 2 atom stereocenters. The molecule has 0 fully saturated rings. The molecule has 3 N–H and O–H groups in total. The molecule has 1 unspecified atom stereocenters. The van der Waals surface area contributed by atoms with Crippen molar-refractivity contribution >= 4 is 5.97 Å². The molecule has 0 aromatic heterocycles. The molecular weight excluding hydrogens is 476 g/mol. The highest BCUT2D eigenvalue weighted by atomic mass is 16.5. The molecule has 3 aromatic carbocycles. The molecule has 0 saturated carbocycles. The van der Waals surface area contributed by atoms with Crippen molar-refractivity contribution in [2.75, 3.05) is 6.61 Å². The normalized spacial score (nSPS) is 13.2. The van der Waals surface area contributed by atoms with Gasteiger partial charge in [0.05, 0.1) is 12.2 Å². The van der Waals surface area contributed by atoms with Crippen molar-refractivity contribution in [2.45, 2.75) is 84.3 Å². The first-order chi connectivity index (χ1) is 18.1. The number of hydrogen-bond donors (Lipinski definition) is 3. The highest BCUT2D eigenvalue weighted by Gasteiger charge is 2.31. The number of ether oxygens (including phenoxy) is 1. The lowest BCUT2D eigenvalue weighted by Gasteiger charge is -2.34. The van der Waals surface area contributed by atoms with Gasteiger partial charge in [-0.3, -0.25) is 4.79 Å². The fourth-order valence-electron chi connectivity index (χ4n) is 5.34.